The summed E-state index contributed by atoms with van der Waals surface area (Å²) in [4.78, 5) is 50.5. The van der Waals surface area contributed by atoms with Gasteiger partial charge in [-0.25, -0.2) is 4.79 Å². The third-order valence-corrected chi connectivity index (χ3v) is 4.96. The maximum atomic E-state index is 12.4. The quantitative estimate of drug-likeness (QED) is 0.403. The molecule has 28 heavy (non-hydrogen) atoms. The van der Waals surface area contributed by atoms with Crippen LogP contribution in [0.25, 0.3) is 0 Å². The summed E-state index contributed by atoms with van der Waals surface area (Å²) in [5, 5.41) is 10.7. The zero-order chi connectivity index (χ0) is 20.4. The molecule has 0 amide bonds. The number of rotatable bonds is 5. The maximum absolute atomic E-state index is 12.4. The molecular formula is C18H21N5O5. The van der Waals surface area contributed by atoms with Crippen molar-refractivity contribution in [1.29, 1.82) is 0 Å². The van der Waals surface area contributed by atoms with E-state index in [1.54, 1.807) is 7.05 Å². The molecule has 0 atom stereocenters. The van der Waals surface area contributed by atoms with Gasteiger partial charge in [0.05, 0.1) is 11.5 Å². The van der Waals surface area contributed by atoms with Crippen molar-refractivity contribution in [3.8, 4) is 0 Å². The molecule has 0 unspecified atom stereocenters. The first-order valence-corrected chi connectivity index (χ1v) is 8.80. The predicted octanol–water partition coefficient (Wildman–Crippen LogP) is -0.00290. The minimum absolute atomic E-state index is 0.0511. The summed E-state index contributed by atoms with van der Waals surface area (Å²) in [5.41, 5.74) is -0.348. The van der Waals surface area contributed by atoms with Crippen molar-refractivity contribution in [2.75, 3.05) is 37.6 Å². The first kappa shape index (κ1) is 19.5. The van der Waals surface area contributed by atoms with E-state index in [4.69, 9.17) is 0 Å². The van der Waals surface area contributed by atoms with Crippen molar-refractivity contribution in [3.63, 3.8) is 0 Å². The van der Waals surface area contributed by atoms with E-state index in [2.05, 4.69) is 0 Å². The number of nitro groups is 1. The largest absolute Gasteiger partial charge is 0.355 e. The molecule has 1 aliphatic rings. The third kappa shape index (κ3) is 3.86. The van der Waals surface area contributed by atoms with Gasteiger partial charge in [-0.2, -0.15) is 0 Å². The monoisotopic (exact) mass is 387 g/mol. The molecule has 10 heteroatoms. The smallest absolute Gasteiger partial charge is 0.332 e. The van der Waals surface area contributed by atoms with Gasteiger partial charge in [0.2, 0.25) is 0 Å². The fraction of sp³-hybridized carbons (Fsp3) is 0.389. The highest BCUT2D eigenvalue weighted by Gasteiger charge is 2.22. The molecule has 0 radical (unpaired) electrons. The van der Waals surface area contributed by atoms with Gasteiger partial charge in [0, 0.05) is 64.0 Å². The number of aromatic nitrogens is 2. The Hall–Kier alpha value is -3.27. The molecule has 2 heterocycles. The second-order valence-corrected chi connectivity index (χ2v) is 6.73. The Morgan fingerprint density at radius 1 is 1.04 bits per heavy atom. The molecule has 1 fully saturated rings. The van der Waals surface area contributed by atoms with Crippen molar-refractivity contribution < 1.29 is 9.72 Å². The summed E-state index contributed by atoms with van der Waals surface area (Å²) < 4.78 is 2.50. The fourth-order valence-electron chi connectivity index (χ4n) is 3.22. The molecule has 0 saturated carbocycles. The van der Waals surface area contributed by atoms with Crippen LogP contribution in [0.1, 0.15) is 10.4 Å². The van der Waals surface area contributed by atoms with Crippen LogP contribution >= 0.6 is 0 Å². The van der Waals surface area contributed by atoms with Crippen molar-refractivity contribution in [2.45, 2.75) is 0 Å². The molecule has 2 aromatic rings. The van der Waals surface area contributed by atoms with Gasteiger partial charge in [-0.05, 0) is 12.1 Å². The van der Waals surface area contributed by atoms with Crippen LogP contribution < -0.4 is 16.1 Å². The molecule has 1 aromatic carbocycles. The highest BCUT2D eigenvalue weighted by molar-refractivity contribution is 5.97. The van der Waals surface area contributed by atoms with E-state index < -0.39 is 4.92 Å². The molecular weight excluding hydrogens is 366 g/mol. The number of carbonyl (C=O) groups excluding carboxylic acids is 1. The lowest BCUT2D eigenvalue weighted by molar-refractivity contribution is -0.384. The Kier molecular flexibility index (Phi) is 5.41. The number of hydrogen-bond donors (Lipinski definition) is 0. The first-order valence-electron chi connectivity index (χ1n) is 8.80. The van der Waals surface area contributed by atoms with Crippen molar-refractivity contribution in [2.24, 2.45) is 14.1 Å². The summed E-state index contributed by atoms with van der Waals surface area (Å²) in [6.45, 7) is 2.56. The van der Waals surface area contributed by atoms with Gasteiger partial charge in [-0.1, -0.05) is 0 Å². The Morgan fingerprint density at radius 3 is 2.21 bits per heavy atom. The fourth-order valence-corrected chi connectivity index (χ4v) is 3.22. The van der Waals surface area contributed by atoms with Crippen LogP contribution in [0, 0.1) is 10.1 Å². The number of piperazine rings is 1. The number of Topliss-reactive ketones (excluding diaryl/α,β-unsaturated/α-hetero) is 1. The molecule has 1 aliphatic heterocycles. The number of nitro benzene ring substituents is 1. The lowest BCUT2D eigenvalue weighted by Gasteiger charge is -2.36. The molecule has 1 saturated heterocycles. The van der Waals surface area contributed by atoms with Crippen LogP contribution in [-0.2, 0) is 14.1 Å². The molecule has 0 spiro atoms. The number of benzene rings is 1. The second kappa shape index (κ2) is 7.77. The number of carbonyl (C=O) groups is 1. The molecule has 0 bridgehead atoms. The van der Waals surface area contributed by atoms with E-state index in [1.807, 2.05) is 9.80 Å². The van der Waals surface area contributed by atoms with Crippen LogP contribution in [0.4, 0.5) is 11.5 Å². The molecule has 10 nitrogen and oxygen atoms in total. The van der Waals surface area contributed by atoms with Gasteiger partial charge in [-0.15, -0.1) is 0 Å². The standard InChI is InChI=1S/C18H21N5O5/c1-19-16(11-17(25)20(2)18(19)26)22-9-7-21(8-10-22)12-15(24)13-3-5-14(6-4-13)23(27)28/h3-6,11H,7-10,12H2,1-2H3. The average molecular weight is 387 g/mol. The number of ketones is 1. The maximum Gasteiger partial charge on any atom is 0.332 e. The van der Waals surface area contributed by atoms with E-state index in [1.165, 1.54) is 41.9 Å². The molecule has 148 valence electrons. The number of hydrogen-bond acceptors (Lipinski definition) is 7. The van der Waals surface area contributed by atoms with Crippen LogP contribution in [-0.4, -0.2) is 57.5 Å². The van der Waals surface area contributed by atoms with E-state index >= 15 is 0 Å². The van der Waals surface area contributed by atoms with Crippen LogP contribution in [0.15, 0.2) is 39.9 Å². The van der Waals surface area contributed by atoms with E-state index in [0.717, 1.165) is 4.57 Å². The molecule has 0 aliphatic carbocycles. The zero-order valence-corrected chi connectivity index (χ0v) is 15.7. The minimum Gasteiger partial charge on any atom is -0.355 e. The second-order valence-electron chi connectivity index (χ2n) is 6.73. The third-order valence-electron chi connectivity index (χ3n) is 4.96. The molecule has 1 aromatic heterocycles. The van der Waals surface area contributed by atoms with E-state index in [0.29, 0.717) is 37.6 Å². The number of nitrogens with zero attached hydrogens (tertiary/aromatic N) is 5. The van der Waals surface area contributed by atoms with E-state index in [-0.39, 0.29) is 29.3 Å². The Morgan fingerprint density at radius 2 is 1.64 bits per heavy atom. The molecule has 0 N–H and O–H groups in total. The highest BCUT2D eigenvalue weighted by Crippen LogP contribution is 2.15. The SMILES string of the molecule is Cn1c(N2CCN(CC(=O)c3ccc([N+](=O)[O-])cc3)CC2)cc(=O)n(C)c1=O. The minimum atomic E-state index is -0.502. The topological polar surface area (TPSA) is 111 Å². The van der Waals surface area contributed by atoms with E-state index in [9.17, 15) is 24.5 Å². The van der Waals surface area contributed by atoms with Gasteiger partial charge in [0.15, 0.2) is 5.78 Å². The van der Waals surface area contributed by atoms with Crippen molar-refractivity contribution in [3.05, 3.63) is 66.8 Å². The van der Waals surface area contributed by atoms with Crippen molar-refractivity contribution in [1.82, 2.24) is 14.0 Å². The van der Waals surface area contributed by atoms with Crippen molar-refractivity contribution >= 4 is 17.3 Å². The average Bonchev–Trinajstić information content (AvgIpc) is 2.70. The summed E-state index contributed by atoms with van der Waals surface area (Å²) in [5.74, 6) is 0.457. The van der Waals surface area contributed by atoms with Gasteiger partial charge >= 0.3 is 5.69 Å². The predicted molar refractivity (Wildman–Crippen MR) is 103 cm³/mol. The Bertz CT molecular complexity index is 1020. The summed E-state index contributed by atoms with van der Waals surface area (Å²) in [7, 11) is 3.07. The van der Waals surface area contributed by atoms with Crippen LogP contribution in [0.2, 0.25) is 0 Å². The number of non-ortho nitro benzene ring substituents is 1. The van der Waals surface area contributed by atoms with Gasteiger partial charge in [0.1, 0.15) is 5.82 Å². The molecule has 3 rings (SSSR count). The van der Waals surface area contributed by atoms with Gasteiger partial charge in [0.25, 0.3) is 11.2 Å². The Labute approximate surface area is 160 Å². The highest BCUT2D eigenvalue weighted by atomic mass is 16.6. The number of anilines is 1. The normalized spacial score (nSPS) is 14.9. The van der Waals surface area contributed by atoms with Crippen LogP contribution in [0.3, 0.4) is 0 Å². The lowest BCUT2D eigenvalue weighted by Crippen LogP contribution is -2.50. The zero-order valence-electron chi connectivity index (χ0n) is 15.7. The Balaban J connectivity index is 1.63. The van der Waals surface area contributed by atoms with Gasteiger partial charge in [-0.3, -0.25) is 33.7 Å². The summed E-state index contributed by atoms with van der Waals surface area (Å²) in [6, 6.07) is 7.01. The van der Waals surface area contributed by atoms with Gasteiger partial charge < -0.3 is 4.90 Å². The first-order chi connectivity index (χ1) is 13.3. The lowest BCUT2D eigenvalue weighted by atomic mass is 10.1. The summed E-state index contributed by atoms with van der Waals surface area (Å²) >= 11 is 0. The van der Waals surface area contributed by atoms with Crippen LogP contribution in [0.5, 0.6) is 0 Å². The summed E-state index contributed by atoms with van der Waals surface area (Å²) in [6.07, 6.45) is 0.